The van der Waals surface area contributed by atoms with Gasteiger partial charge in [0.05, 0.1) is 0 Å². The van der Waals surface area contributed by atoms with Crippen molar-refractivity contribution in [2.24, 2.45) is 16.7 Å². The van der Waals surface area contributed by atoms with Crippen LogP contribution in [0.5, 0.6) is 0 Å². The van der Waals surface area contributed by atoms with E-state index in [-0.39, 0.29) is 0 Å². The summed E-state index contributed by atoms with van der Waals surface area (Å²) in [5.74, 6) is 0.763. The van der Waals surface area contributed by atoms with Crippen LogP contribution in [-0.2, 0) is 0 Å². The van der Waals surface area contributed by atoms with E-state index in [2.05, 4.69) is 51.8 Å². The lowest BCUT2D eigenvalue weighted by Gasteiger charge is -2.49. The average Bonchev–Trinajstić information content (AvgIpc) is 2.76. The molecular formula is C19H38N2. The zero-order chi connectivity index (χ0) is 15.7. The summed E-state index contributed by atoms with van der Waals surface area (Å²) >= 11 is 0. The minimum atomic E-state index is 0.491. The fourth-order valence-corrected chi connectivity index (χ4v) is 5.08. The van der Waals surface area contributed by atoms with Crippen molar-refractivity contribution < 1.29 is 0 Å². The summed E-state index contributed by atoms with van der Waals surface area (Å²) in [5.41, 5.74) is 0.982. The Balaban J connectivity index is 2.06. The van der Waals surface area contributed by atoms with Gasteiger partial charge in [-0.15, -0.1) is 0 Å². The van der Waals surface area contributed by atoms with E-state index in [9.17, 15) is 0 Å². The van der Waals surface area contributed by atoms with Crippen LogP contribution in [0.2, 0.25) is 0 Å². The van der Waals surface area contributed by atoms with Gasteiger partial charge in [-0.1, -0.05) is 41.5 Å². The first kappa shape index (κ1) is 17.3. The largest absolute Gasteiger partial charge is 0.313 e. The monoisotopic (exact) mass is 294 g/mol. The van der Waals surface area contributed by atoms with Crippen LogP contribution in [0, 0.1) is 16.7 Å². The third-order valence-electron chi connectivity index (χ3n) is 5.27. The Labute approximate surface area is 133 Å². The molecule has 1 saturated heterocycles. The van der Waals surface area contributed by atoms with Gasteiger partial charge in [0.1, 0.15) is 0 Å². The van der Waals surface area contributed by atoms with Gasteiger partial charge in [0.15, 0.2) is 0 Å². The van der Waals surface area contributed by atoms with Crippen LogP contribution in [0.15, 0.2) is 0 Å². The van der Waals surface area contributed by atoms with E-state index in [0.717, 1.165) is 18.0 Å². The van der Waals surface area contributed by atoms with E-state index in [1.807, 2.05) is 0 Å². The second kappa shape index (κ2) is 6.58. The third kappa shape index (κ3) is 5.25. The third-order valence-corrected chi connectivity index (χ3v) is 5.27. The number of rotatable bonds is 5. The van der Waals surface area contributed by atoms with Crippen LogP contribution in [0.1, 0.15) is 73.6 Å². The molecule has 0 radical (unpaired) electrons. The van der Waals surface area contributed by atoms with Crippen LogP contribution < -0.4 is 5.32 Å². The number of hydrogen-bond acceptors (Lipinski definition) is 2. The molecule has 0 aromatic carbocycles. The van der Waals surface area contributed by atoms with Crippen molar-refractivity contribution in [1.82, 2.24) is 10.2 Å². The smallest absolute Gasteiger partial charge is 0.0195 e. The highest BCUT2D eigenvalue weighted by Crippen LogP contribution is 2.47. The van der Waals surface area contributed by atoms with Gasteiger partial charge in [0.2, 0.25) is 0 Å². The van der Waals surface area contributed by atoms with Gasteiger partial charge in [0.25, 0.3) is 0 Å². The van der Waals surface area contributed by atoms with E-state index in [1.165, 1.54) is 51.7 Å². The fourth-order valence-electron chi connectivity index (χ4n) is 5.08. The Morgan fingerprint density at radius 3 is 2.19 bits per heavy atom. The van der Waals surface area contributed by atoms with E-state index in [0.29, 0.717) is 10.8 Å². The lowest BCUT2D eigenvalue weighted by atomic mass is 9.63. The highest BCUT2D eigenvalue weighted by atomic mass is 15.2. The Morgan fingerprint density at radius 2 is 1.71 bits per heavy atom. The van der Waals surface area contributed by atoms with Gasteiger partial charge in [-0.3, -0.25) is 4.90 Å². The van der Waals surface area contributed by atoms with Gasteiger partial charge in [-0.25, -0.2) is 0 Å². The number of nitrogens with one attached hydrogen (secondary N) is 1. The van der Waals surface area contributed by atoms with Crippen molar-refractivity contribution in [3.8, 4) is 0 Å². The molecule has 1 heterocycles. The molecule has 1 N–H and O–H groups in total. The Hall–Kier alpha value is -0.0800. The second-order valence-electron chi connectivity index (χ2n) is 9.71. The molecule has 1 saturated carbocycles. The van der Waals surface area contributed by atoms with Gasteiger partial charge < -0.3 is 5.32 Å². The first-order chi connectivity index (χ1) is 9.67. The molecule has 0 aromatic heterocycles. The summed E-state index contributed by atoms with van der Waals surface area (Å²) < 4.78 is 0. The average molecular weight is 295 g/mol. The van der Waals surface area contributed by atoms with Crippen molar-refractivity contribution in [2.45, 2.75) is 85.7 Å². The molecule has 1 atom stereocenters. The Morgan fingerprint density at radius 1 is 1.10 bits per heavy atom. The Bertz CT molecular complexity index is 310. The zero-order valence-electron chi connectivity index (χ0n) is 15.3. The quantitative estimate of drug-likeness (QED) is 0.813. The first-order valence-corrected chi connectivity index (χ1v) is 9.14. The Kier molecular flexibility index (Phi) is 5.41. The maximum atomic E-state index is 3.70. The highest BCUT2D eigenvalue weighted by Gasteiger charge is 2.41. The van der Waals surface area contributed by atoms with Gasteiger partial charge in [0, 0.05) is 25.2 Å². The topological polar surface area (TPSA) is 15.3 Å². The molecule has 2 aliphatic rings. The van der Waals surface area contributed by atoms with Crippen LogP contribution in [0.3, 0.4) is 0 Å². The van der Waals surface area contributed by atoms with Crippen molar-refractivity contribution in [2.75, 3.05) is 19.6 Å². The SMILES string of the molecule is CC(C)CN(CC1CCCN1)C1CC(C)(C)CC(C)(C)C1. The summed E-state index contributed by atoms with van der Waals surface area (Å²) in [6.45, 7) is 18.4. The molecule has 0 spiro atoms. The lowest BCUT2D eigenvalue weighted by molar-refractivity contribution is 0.0161. The second-order valence-corrected chi connectivity index (χ2v) is 9.71. The molecule has 2 rings (SSSR count). The summed E-state index contributed by atoms with van der Waals surface area (Å²) in [4.78, 5) is 2.83. The van der Waals surface area contributed by atoms with Crippen LogP contribution in [-0.4, -0.2) is 36.6 Å². The summed E-state index contributed by atoms with van der Waals surface area (Å²) in [7, 11) is 0. The highest BCUT2D eigenvalue weighted by molar-refractivity contribution is 4.94. The predicted molar refractivity (Wildman–Crippen MR) is 92.6 cm³/mol. The lowest BCUT2D eigenvalue weighted by Crippen LogP contribution is -2.50. The van der Waals surface area contributed by atoms with E-state index in [4.69, 9.17) is 0 Å². The molecule has 0 bridgehead atoms. The van der Waals surface area contributed by atoms with Crippen molar-refractivity contribution in [3.63, 3.8) is 0 Å². The molecule has 21 heavy (non-hydrogen) atoms. The summed E-state index contributed by atoms with van der Waals surface area (Å²) in [6.07, 6.45) is 6.84. The molecule has 0 amide bonds. The van der Waals surface area contributed by atoms with Gasteiger partial charge >= 0.3 is 0 Å². The summed E-state index contributed by atoms with van der Waals surface area (Å²) in [5, 5.41) is 3.70. The molecule has 1 aliphatic heterocycles. The minimum Gasteiger partial charge on any atom is -0.313 e. The maximum absolute atomic E-state index is 3.70. The molecule has 2 heteroatoms. The van der Waals surface area contributed by atoms with Gasteiger partial charge in [-0.05, 0) is 55.4 Å². The first-order valence-electron chi connectivity index (χ1n) is 9.14. The predicted octanol–water partition coefficient (Wildman–Crippen LogP) is 4.30. The van der Waals surface area contributed by atoms with Crippen molar-refractivity contribution in [3.05, 3.63) is 0 Å². The molecule has 124 valence electrons. The fraction of sp³-hybridized carbons (Fsp3) is 1.00. The number of hydrogen-bond donors (Lipinski definition) is 1. The van der Waals surface area contributed by atoms with E-state index in [1.54, 1.807) is 0 Å². The summed E-state index contributed by atoms with van der Waals surface area (Å²) in [6, 6.07) is 1.51. The maximum Gasteiger partial charge on any atom is 0.0195 e. The molecule has 2 nitrogen and oxygen atoms in total. The van der Waals surface area contributed by atoms with E-state index < -0.39 is 0 Å². The van der Waals surface area contributed by atoms with Crippen LogP contribution >= 0.6 is 0 Å². The van der Waals surface area contributed by atoms with Crippen molar-refractivity contribution >= 4 is 0 Å². The molecule has 2 fully saturated rings. The number of nitrogens with zero attached hydrogens (tertiary/aromatic N) is 1. The minimum absolute atomic E-state index is 0.491. The molecule has 1 unspecified atom stereocenters. The van der Waals surface area contributed by atoms with Gasteiger partial charge in [-0.2, -0.15) is 0 Å². The standard InChI is InChI=1S/C19H38N2/c1-15(2)12-21(13-16-8-7-9-20-16)17-10-18(3,4)14-19(5,6)11-17/h15-17,20H,7-14H2,1-6H3. The van der Waals surface area contributed by atoms with Crippen LogP contribution in [0.25, 0.3) is 0 Å². The normalized spacial score (nSPS) is 29.4. The van der Waals surface area contributed by atoms with Crippen LogP contribution in [0.4, 0.5) is 0 Å². The van der Waals surface area contributed by atoms with Crippen molar-refractivity contribution in [1.29, 1.82) is 0 Å². The molecular weight excluding hydrogens is 256 g/mol. The molecule has 1 aliphatic carbocycles. The zero-order valence-corrected chi connectivity index (χ0v) is 15.3. The molecule has 0 aromatic rings. The van der Waals surface area contributed by atoms with E-state index >= 15 is 0 Å².